The molecule has 5 N–H and O–H groups in total. The zero-order chi connectivity index (χ0) is 13.5. The summed E-state index contributed by atoms with van der Waals surface area (Å²) in [6.07, 6.45) is 1.32. The van der Waals surface area contributed by atoms with E-state index in [0.29, 0.717) is 6.42 Å². The maximum Gasteiger partial charge on any atom is 0.312 e. The first-order valence-electron chi connectivity index (χ1n) is 5.43. The van der Waals surface area contributed by atoms with Crippen molar-refractivity contribution in [3.63, 3.8) is 0 Å². The van der Waals surface area contributed by atoms with Crippen molar-refractivity contribution in [3.8, 4) is 0 Å². The highest BCUT2D eigenvalue weighted by molar-refractivity contribution is 6.34. The predicted molar refractivity (Wildman–Crippen MR) is 59.8 cm³/mol. The summed E-state index contributed by atoms with van der Waals surface area (Å²) in [5, 5.41) is 27.6. The number of primary amides is 1. The van der Waals surface area contributed by atoms with Gasteiger partial charge in [0.2, 0.25) is 0 Å². The van der Waals surface area contributed by atoms with Gasteiger partial charge in [-0.15, -0.1) is 0 Å². The number of amides is 2. The molecular weight excluding hydrogens is 228 g/mol. The summed E-state index contributed by atoms with van der Waals surface area (Å²) >= 11 is 0. The Bertz CT molecular complexity index is 257. The zero-order valence-electron chi connectivity index (χ0n) is 9.93. The van der Waals surface area contributed by atoms with Gasteiger partial charge in [0.15, 0.2) is 0 Å². The lowest BCUT2D eigenvalue weighted by Gasteiger charge is -2.39. The number of nitrogens with zero attached hydrogens (tertiary/aromatic N) is 1. The van der Waals surface area contributed by atoms with Crippen LogP contribution in [0.25, 0.3) is 0 Å². The molecule has 0 spiro atoms. The number of unbranched alkanes of at least 4 members (excludes halogenated alkanes) is 1. The van der Waals surface area contributed by atoms with Crippen molar-refractivity contribution in [3.05, 3.63) is 0 Å². The topological polar surface area (TPSA) is 124 Å². The minimum atomic E-state index is -1.55. The van der Waals surface area contributed by atoms with Crippen LogP contribution in [0.5, 0.6) is 0 Å². The van der Waals surface area contributed by atoms with Gasteiger partial charge >= 0.3 is 11.8 Å². The van der Waals surface area contributed by atoms with Crippen LogP contribution in [-0.4, -0.2) is 63.9 Å². The molecule has 7 heteroatoms. The highest BCUT2D eigenvalue weighted by Crippen LogP contribution is 2.15. The fraction of sp³-hybridized carbons (Fsp3) is 0.800. The third-order valence-electron chi connectivity index (χ3n) is 2.65. The first-order chi connectivity index (χ1) is 7.98. The van der Waals surface area contributed by atoms with Crippen LogP contribution in [-0.2, 0) is 9.59 Å². The monoisotopic (exact) mass is 248 g/mol. The lowest BCUT2D eigenvalue weighted by atomic mass is 9.99. The summed E-state index contributed by atoms with van der Waals surface area (Å²) in [7, 11) is 0. The van der Waals surface area contributed by atoms with Crippen LogP contribution in [0.3, 0.4) is 0 Å². The Morgan fingerprint density at radius 2 is 1.65 bits per heavy atom. The minimum Gasteiger partial charge on any atom is -0.394 e. The zero-order valence-corrected chi connectivity index (χ0v) is 9.93. The molecule has 7 nitrogen and oxygen atoms in total. The SMILES string of the molecule is CCCCN(C(=O)C(N)=O)C(CO)(CO)CO. The molecule has 0 atom stereocenters. The van der Waals surface area contributed by atoms with Gasteiger partial charge in [-0.05, 0) is 6.42 Å². The first kappa shape index (κ1) is 15.8. The molecule has 0 fully saturated rings. The van der Waals surface area contributed by atoms with E-state index in [9.17, 15) is 24.9 Å². The van der Waals surface area contributed by atoms with E-state index in [2.05, 4.69) is 0 Å². The van der Waals surface area contributed by atoms with Gasteiger partial charge < -0.3 is 26.0 Å². The van der Waals surface area contributed by atoms with Gasteiger partial charge in [-0.25, -0.2) is 0 Å². The molecule has 0 saturated carbocycles. The Morgan fingerprint density at radius 3 is 1.94 bits per heavy atom. The molecule has 0 aromatic rings. The number of nitrogens with two attached hydrogens (primary N) is 1. The van der Waals surface area contributed by atoms with Gasteiger partial charge in [-0.2, -0.15) is 0 Å². The maximum atomic E-state index is 11.6. The molecule has 0 unspecified atom stereocenters. The second-order valence-corrected chi connectivity index (χ2v) is 3.87. The van der Waals surface area contributed by atoms with E-state index in [4.69, 9.17) is 5.73 Å². The fourth-order valence-corrected chi connectivity index (χ4v) is 1.41. The number of hydrogen-bond acceptors (Lipinski definition) is 5. The van der Waals surface area contributed by atoms with Crippen LogP contribution >= 0.6 is 0 Å². The largest absolute Gasteiger partial charge is 0.394 e. The summed E-state index contributed by atoms with van der Waals surface area (Å²) in [5.41, 5.74) is 3.34. The first-order valence-corrected chi connectivity index (χ1v) is 5.43. The summed E-state index contributed by atoms with van der Waals surface area (Å²) in [5.74, 6) is -2.20. The summed E-state index contributed by atoms with van der Waals surface area (Å²) in [6, 6.07) is 0. The molecular formula is C10H20N2O5. The average Bonchev–Trinajstić information content (AvgIpc) is 2.34. The van der Waals surface area contributed by atoms with Crippen molar-refractivity contribution in [1.82, 2.24) is 4.90 Å². The molecule has 100 valence electrons. The van der Waals surface area contributed by atoms with E-state index in [0.717, 1.165) is 11.3 Å². The fourth-order valence-electron chi connectivity index (χ4n) is 1.41. The lowest BCUT2D eigenvalue weighted by Crippen LogP contribution is -2.61. The number of hydrogen-bond donors (Lipinski definition) is 4. The van der Waals surface area contributed by atoms with E-state index < -0.39 is 37.2 Å². The van der Waals surface area contributed by atoms with Gasteiger partial charge in [0.25, 0.3) is 0 Å². The lowest BCUT2D eigenvalue weighted by molar-refractivity contribution is -0.154. The number of rotatable bonds is 7. The number of carbonyl (C=O) groups excluding carboxylic acids is 2. The molecule has 0 aromatic heterocycles. The molecule has 0 rings (SSSR count). The number of aliphatic hydroxyl groups is 3. The predicted octanol–water partition coefficient (Wildman–Crippen LogP) is -2.18. The molecule has 17 heavy (non-hydrogen) atoms. The highest BCUT2D eigenvalue weighted by atomic mass is 16.3. The summed E-state index contributed by atoms with van der Waals surface area (Å²) in [6.45, 7) is 0.0690. The van der Waals surface area contributed by atoms with Crippen molar-refractivity contribution in [1.29, 1.82) is 0 Å². The van der Waals surface area contributed by atoms with Gasteiger partial charge in [-0.3, -0.25) is 9.59 Å². The van der Waals surface area contributed by atoms with Crippen molar-refractivity contribution >= 4 is 11.8 Å². The number of aliphatic hydroxyl groups excluding tert-OH is 3. The smallest absolute Gasteiger partial charge is 0.312 e. The molecule has 0 aliphatic heterocycles. The van der Waals surface area contributed by atoms with Crippen LogP contribution in [0.1, 0.15) is 19.8 Å². The Morgan fingerprint density at radius 1 is 1.18 bits per heavy atom. The van der Waals surface area contributed by atoms with Gasteiger partial charge in [0.05, 0.1) is 19.8 Å². The van der Waals surface area contributed by atoms with Crippen molar-refractivity contribution in [2.24, 2.45) is 5.73 Å². The van der Waals surface area contributed by atoms with Gasteiger partial charge in [-0.1, -0.05) is 13.3 Å². The van der Waals surface area contributed by atoms with Gasteiger partial charge in [0, 0.05) is 6.54 Å². The molecule has 0 aromatic carbocycles. The van der Waals surface area contributed by atoms with E-state index >= 15 is 0 Å². The summed E-state index contributed by atoms with van der Waals surface area (Å²) < 4.78 is 0. The maximum absolute atomic E-state index is 11.6. The third kappa shape index (κ3) is 3.65. The van der Waals surface area contributed by atoms with E-state index in [1.807, 2.05) is 6.92 Å². The highest BCUT2D eigenvalue weighted by Gasteiger charge is 2.39. The standard InChI is InChI=1S/C10H20N2O5/c1-2-3-4-12(9(17)8(11)16)10(5-13,6-14)7-15/h13-15H,2-7H2,1H3,(H2,11,16). The number of carbonyl (C=O) groups is 2. The Hall–Kier alpha value is -1.18. The van der Waals surface area contributed by atoms with E-state index in [-0.39, 0.29) is 6.54 Å². The Labute approximate surface area is 99.8 Å². The second-order valence-electron chi connectivity index (χ2n) is 3.87. The molecule has 0 bridgehead atoms. The van der Waals surface area contributed by atoms with Crippen molar-refractivity contribution in [2.75, 3.05) is 26.4 Å². The molecule has 0 aliphatic carbocycles. The molecule has 0 aliphatic rings. The van der Waals surface area contributed by atoms with Crippen LogP contribution in [0.4, 0.5) is 0 Å². The molecule has 2 amide bonds. The second kappa shape index (κ2) is 7.21. The normalized spacial score (nSPS) is 11.3. The van der Waals surface area contributed by atoms with Crippen LogP contribution in [0.2, 0.25) is 0 Å². The van der Waals surface area contributed by atoms with Crippen LogP contribution < -0.4 is 5.73 Å². The molecule has 0 radical (unpaired) electrons. The van der Waals surface area contributed by atoms with Gasteiger partial charge in [0.1, 0.15) is 5.54 Å². The minimum absolute atomic E-state index is 0.139. The third-order valence-corrected chi connectivity index (χ3v) is 2.65. The quantitative estimate of drug-likeness (QED) is 0.381. The molecule has 0 heterocycles. The molecule has 0 saturated heterocycles. The van der Waals surface area contributed by atoms with Crippen molar-refractivity contribution < 1.29 is 24.9 Å². The average molecular weight is 248 g/mol. The van der Waals surface area contributed by atoms with E-state index in [1.165, 1.54) is 0 Å². The van der Waals surface area contributed by atoms with Crippen LogP contribution in [0.15, 0.2) is 0 Å². The Balaban J connectivity index is 5.11. The van der Waals surface area contributed by atoms with Crippen molar-refractivity contribution in [2.45, 2.75) is 25.3 Å². The van der Waals surface area contributed by atoms with Crippen LogP contribution in [0, 0.1) is 0 Å². The Kier molecular flexibility index (Phi) is 6.71. The summed E-state index contributed by atoms with van der Waals surface area (Å²) in [4.78, 5) is 23.4. The van der Waals surface area contributed by atoms with E-state index in [1.54, 1.807) is 0 Å².